The number of fused-ring (bicyclic) bond motifs is 1. The van der Waals surface area contributed by atoms with Gasteiger partial charge in [0.25, 0.3) is 0 Å². The Labute approximate surface area is 147 Å². The quantitative estimate of drug-likeness (QED) is 0.893. The zero-order valence-corrected chi connectivity index (χ0v) is 16.0. The van der Waals surface area contributed by atoms with Crippen LogP contribution >= 0.6 is 11.3 Å². The lowest BCUT2D eigenvalue weighted by Gasteiger charge is -2.29. The predicted octanol–water partition coefficient (Wildman–Crippen LogP) is 3.81. The molecule has 134 valence electrons. The molecule has 0 saturated heterocycles. The minimum Gasteiger partial charge on any atom is -0.444 e. The molecule has 0 atom stereocenters. The van der Waals surface area contributed by atoms with Crippen LogP contribution in [0.2, 0.25) is 0 Å². The molecule has 2 rings (SSSR count). The van der Waals surface area contributed by atoms with Crippen LogP contribution in [0.5, 0.6) is 0 Å². The second-order valence-electron chi connectivity index (χ2n) is 7.52. The maximum absolute atomic E-state index is 12.2. The van der Waals surface area contributed by atoms with Crippen molar-refractivity contribution in [2.45, 2.75) is 66.0 Å². The number of thiazole rings is 1. The first-order valence-corrected chi connectivity index (χ1v) is 9.22. The number of nitrogens with one attached hydrogen (secondary N) is 1. The van der Waals surface area contributed by atoms with E-state index >= 15 is 0 Å². The number of anilines is 1. The van der Waals surface area contributed by atoms with Crippen molar-refractivity contribution in [1.82, 2.24) is 9.88 Å². The Morgan fingerprint density at radius 1 is 1.38 bits per heavy atom. The summed E-state index contributed by atoms with van der Waals surface area (Å²) in [5.74, 6) is 0.501. The van der Waals surface area contributed by atoms with E-state index in [-0.39, 0.29) is 12.0 Å². The molecule has 1 aromatic rings. The third kappa shape index (κ3) is 5.47. The van der Waals surface area contributed by atoms with E-state index in [9.17, 15) is 9.59 Å². The van der Waals surface area contributed by atoms with E-state index in [1.54, 1.807) is 4.90 Å². The lowest BCUT2D eigenvalue weighted by atomic mass is 10.1. The lowest BCUT2D eigenvalue weighted by molar-refractivity contribution is -0.116. The number of hydrogen-bond acceptors (Lipinski definition) is 5. The standard InChI is InChI=1S/C17H27N3O3S/c1-11(2)6-7-14(21)19-15-18-12-8-9-20(10-13(12)24-15)16(22)23-17(3,4)5/h11H,6-10H2,1-5H3,(H,18,19,21). The van der Waals surface area contributed by atoms with E-state index in [1.807, 2.05) is 20.8 Å². The molecule has 0 spiro atoms. The molecule has 0 fully saturated rings. The average Bonchev–Trinajstić information content (AvgIpc) is 2.84. The largest absolute Gasteiger partial charge is 0.444 e. The molecular weight excluding hydrogens is 326 g/mol. The molecule has 0 radical (unpaired) electrons. The Balaban J connectivity index is 1.94. The fourth-order valence-electron chi connectivity index (χ4n) is 2.33. The van der Waals surface area contributed by atoms with Gasteiger partial charge in [0.15, 0.2) is 5.13 Å². The Bertz CT molecular complexity index is 605. The van der Waals surface area contributed by atoms with Gasteiger partial charge in [-0.05, 0) is 33.1 Å². The molecule has 1 N–H and O–H groups in total. The van der Waals surface area contributed by atoms with E-state index in [0.29, 0.717) is 37.0 Å². The molecule has 6 nitrogen and oxygen atoms in total. The summed E-state index contributed by atoms with van der Waals surface area (Å²) in [5, 5.41) is 3.50. The van der Waals surface area contributed by atoms with Gasteiger partial charge in [0.05, 0.1) is 12.2 Å². The average molecular weight is 353 g/mol. The van der Waals surface area contributed by atoms with Gasteiger partial charge in [-0.25, -0.2) is 9.78 Å². The molecule has 2 amide bonds. The van der Waals surface area contributed by atoms with Crippen LogP contribution < -0.4 is 5.32 Å². The molecule has 1 aromatic heterocycles. The van der Waals surface area contributed by atoms with E-state index in [2.05, 4.69) is 24.1 Å². The topological polar surface area (TPSA) is 71.5 Å². The van der Waals surface area contributed by atoms with Gasteiger partial charge in [-0.1, -0.05) is 25.2 Å². The first kappa shape index (κ1) is 18.7. The van der Waals surface area contributed by atoms with Crippen molar-refractivity contribution in [2.75, 3.05) is 11.9 Å². The molecule has 24 heavy (non-hydrogen) atoms. The van der Waals surface area contributed by atoms with Crippen LogP contribution in [0.3, 0.4) is 0 Å². The van der Waals surface area contributed by atoms with Gasteiger partial charge < -0.3 is 15.0 Å². The van der Waals surface area contributed by atoms with Gasteiger partial charge in [0.1, 0.15) is 5.60 Å². The fourth-order valence-corrected chi connectivity index (χ4v) is 3.37. The third-order valence-corrected chi connectivity index (χ3v) is 4.58. The van der Waals surface area contributed by atoms with Gasteiger partial charge >= 0.3 is 6.09 Å². The van der Waals surface area contributed by atoms with Gasteiger partial charge in [-0.15, -0.1) is 0 Å². The minimum absolute atomic E-state index is 0.00112. The molecule has 0 bridgehead atoms. The first-order chi connectivity index (χ1) is 11.1. The van der Waals surface area contributed by atoms with E-state index in [1.165, 1.54) is 11.3 Å². The zero-order valence-electron chi connectivity index (χ0n) is 15.1. The highest BCUT2D eigenvalue weighted by Gasteiger charge is 2.28. The molecule has 0 aliphatic carbocycles. The van der Waals surface area contributed by atoms with Crippen molar-refractivity contribution in [3.63, 3.8) is 0 Å². The molecule has 0 saturated carbocycles. The Morgan fingerprint density at radius 2 is 2.08 bits per heavy atom. The number of hydrogen-bond donors (Lipinski definition) is 1. The van der Waals surface area contributed by atoms with Gasteiger partial charge in [0.2, 0.25) is 5.91 Å². The highest BCUT2D eigenvalue weighted by Crippen LogP contribution is 2.29. The zero-order chi connectivity index (χ0) is 17.9. The van der Waals surface area contributed by atoms with Crippen molar-refractivity contribution in [3.05, 3.63) is 10.6 Å². The number of rotatable bonds is 4. The summed E-state index contributed by atoms with van der Waals surface area (Å²) < 4.78 is 5.42. The first-order valence-electron chi connectivity index (χ1n) is 8.40. The SMILES string of the molecule is CC(C)CCC(=O)Nc1nc2c(s1)CN(C(=O)OC(C)(C)C)CC2. The Kier molecular flexibility index (Phi) is 5.85. The van der Waals surface area contributed by atoms with E-state index in [0.717, 1.165) is 17.0 Å². The van der Waals surface area contributed by atoms with Gasteiger partial charge in [-0.2, -0.15) is 0 Å². The smallest absolute Gasteiger partial charge is 0.410 e. The van der Waals surface area contributed by atoms with Gasteiger partial charge in [0, 0.05) is 24.3 Å². The van der Waals surface area contributed by atoms with Crippen molar-refractivity contribution in [1.29, 1.82) is 0 Å². The predicted molar refractivity (Wildman–Crippen MR) is 95.2 cm³/mol. The molecule has 7 heteroatoms. The molecular formula is C17H27N3O3S. The van der Waals surface area contributed by atoms with Gasteiger partial charge in [-0.3, -0.25) is 4.79 Å². The number of ether oxygens (including phenoxy) is 1. The van der Waals surface area contributed by atoms with Crippen LogP contribution in [-0.4, -0.2) is 34.0 Å². The normalized spacial score (nSPS) is 14.5. The summed E-state index contributed by atoms with van der Waals surface area (Å²) in [6.07, 6.45) is 1.76. The number of carbonyl (C=O) groups is 2. The van der Waals surface area contributed by atoms with Crippen LogP contribution in [0.15, 0.2) is 0 Å². The van der Waals surface area contributed by atoms with Crippen LogP contribution in [0.1, 0.15) is 58.0 Å². The maximum atomic E-state index is 12.2. The second kappa shape index (κ2) is 7.51. The number of aromatic nitrogens is 1. The Hall–Kier alpha value is -1.63. The third-order valence-electron chi connectivity index (χ3n) is 3.58. The Morgan fingerprint density at radius 3 is 2.71 bits per heavy atom. The summed E-state index contributed by atoms with van der Waals surface area (Å²) >= 11 is 1.44. The number of amides is 2. The molecule has 0 aromatic carbocycles. The van der Waals surface area contributed by atoms with Crippen molar-refractivity contribution in [3.8, 4) is 0 Å². The van der Waals surface area contributed by atoms with Crippen LogP contribution in [0.4, 0.5) is 9.93 Å². The van der Waals surface area contributed by atoms with Crippen LogP contribution in [-0.2, 0) is 22.5 Å². The molecule has 1 aliphatic rings. The highest BCUT2D eigenvalue weighted by atomic mass is 32.1. The summed E-state index contributed by atoms with van der Waals surface area (Å²) in [6, 6.07) is 0. The van der Waals surface area contributed by atoms with Crippen LogP contribution in [0.25, 0.3) is 0 Å². The van der Waals surface area contributed by atoms with Crippen LogP contribution in [0, 0.1) is 5.92 Å². The molecule has 1 aliphatic heterocycles. The molecule has 0 unspecified atom stereocenters. The fraction of sp³-hybridized carbons (Fsp3) is 0.706. The van der Waals surface area contributed by atoms with E-state index in [4.69, 9.17) is 4.74 Å². The van der Waals surface area contributed by atoms with E-state index < -0.39 is 5.60 Å². The second-order valence-corrected chi connectivity index (χ2v) is 8.61. The highest BCUT2D eigenvalue weighted by molar-refractivity contribution is 7.15. The number of carbonyl (C=O) groups excluding carboxylic acids is 2. The van der Waals surface area contributed by atoms with Crippen molar-refractivity contribution < 1.29 is 14.3 Å². The number of nitrogens with zero attached hydrogens (tertiary/aromatic N) is 2. The summed E-state index contributed by atoms with van der Waals surface area (Å²) in [5.41, 5.74) is 0.472. The summed E-state index contributed by atoms with van der Waals surface area (Å²) in [4.78, 5) is 31.3. The maximum Gasteiger partial charge on any atom is 0.410 e. The van der Waals surface area contributed by atoms with Crippen molar-refractivity contribution >= 4 is 28.5 Å². The molecule has 2 heterocycles. The minimum atomic E-state index is -0.499. The monoisotopic (exact) mass is 353 g/mol. The van der Waals surface area contributed by atoms with Crippen molar-refractivity contribution in [2.24, 2.45) is 5.92 Å². The summed E-state index contributed by atoms with van der Waals surface area (Å²) in [6.45, 7) is 10.9. The summed E-state index contributed by atoms with van der Waals surface area (Å²) in [7, 11) is 0. The lowest BCUT2D eigenvalue weighted by Crippen LogP contribution is -2.39.